The van der Waals surface area contributed by atoms with Crippen LogP contribution in [0.15, 0.2) is 18.2 Å². The van der Waals surface area contributed by atoms with Crippen LogP contribution in [0.3, 0.4) is 0 Å². The monoisotopic (exact) mass is 251 g/mol. The summed E-state index contributed by atoms with van der Waals surface area (Å²) in [6.07, 6.45) is -0.211. The molecular weight excluding hydrogens is 234 g/mol. The van der Waals surface area contributed by atoms with E-state index < -0.39 is 6.10 Å². The number of nitrogens with two attached hydrogens (primary N) is 1. The second-order valence-electron chi connectivity index (χ2n) is 4.10. The largest absolute Gasteiger partial charge is 0.497 e. The zero-order valence-electron chi connectivity index (χ0n) is 10.5. The number of carbonyl (C=O) groups excluding carboxylic acids is 1. The van der Waals surface area contributed by atoms with Gasteiger partial charge in [0.1, 0.15) is 11.5 Å². The van der Waals surface area contributed by atoms with Gasteiger partial charge < -0.3 is 19.9 Å². The first-order valence-corrected chi connectivity index (χ1v) is 5.92. The average Bonchev–Trinajstić information content (AvgIpc) is 2.38. The Labute approximate surface area is 106 Å². The van der Waals surface area contributed by atoms with Gasteiger partial charge in [-0.3, -0.25) is 0 Å². The van der Waals surface area contributed by atoms with Gasteiger partial charge in [-0.2, -0.15) is 0 Å². The maximum absolute atomic E-state index is 11.7. The zero-order chi connectivity index (χ0) is 13.1. The van der Waals surface area contributed by atoms with Crippen LogP contribution in [0.25, 0.3) is 0 Å². The van der Waals surface area contributed by atoms with Crippen LogP contribution >= 0.6 is 0 Å². The van der Waals surface area contributed by atoms with Crippen molar-refractivity contribution in [2.45, 2.75) is 25.5 Å². The lowest BCUT2D eigenvalue weighted by Crippen LogP contribution is -2.36. The molecule has 0 bridgehead atoms. The Morgan fingerprint density at radius 1 is 1.56 bits per heavy atom. The third-order valence-corrected chi connectivity index (χ3v) is 2.91. The maximum atomic E-state index is 11.7. The van der Waals surface area contributed by atoms with Crippen LogP contribution in [0.1, 0.15) is 24.9 Å². The highest BCUT2D eigenvalue weighted by Gasteiger charge is 2.32. The van der Waals surface area contributed by atoms with E-state index in [-0.39, 0.29) is 12.0 Å². The van der Waals surface area contributed by atoms with Crippen molar-refractivity contribution in [1.82, 2.24) is 0 Å². The summed E-state index contributed by atoms with van der Waals surface area (Å²) < 4.78 is 15.7. The van der Waals surface area contributed by atoms with Crippen LogP contribution in [-0.2, 0) is 9.53 Å². The van der Waals surface area contributed by atoms with Crippen LogP contribution in [0.2, 0.25) is 0 Å². The van der Waals surface area contributed by atoms with E-state index in [9.17, 15) is 4.79 Å². The number of fused-ring (bicyclic) bond motifs is 1. The molecule has 2 atom stereocenters. The number of ether oxygens (including phenoxy) is 3. The molecule has 2 N–H and O–H groups in total. The van der Waals surface area contributed by atoms with E-state index >= 15 is 0 Å². The number of esters is 1. The second kappa shape index (κ2) is 5.27. The Kier molecular flexibility index (Phi) is 3.72. The van der Waals surface area contributed by atoms with Crippen molar-refractivity contribution in [3.63, 3.8) is 0 Å². The predicted molar refractivity (Wildman–Crippen MR) is 65.6 cm³/mol. The van der Waals surface area contributed by atoms with Gasteiger partial charge in [0.15, 0.2) is 6.10 Å². The smallest absolute Gasteiger partial charge is 0.347 e. The van der Waals surface area contributed by atoms with E-state index in [1.807, 2.05) is 12.1 Å². The Morgan fingerprint density at radius 3 is 3.00 bits per heavy atom. The zero-order valence-corrected chi connectivity index (χ0v) is 10.5. The molecule has 0 aliphatic carbocycles. The van der Waals surface area contributed by atoms with Gasteiger partial charge in [-0.1, -0.05) is 6.07 Å². The van der Waals surface area contributed by atoms with Crippen LogP contribution in [0.4, 0.5) is 0 Å². The molecule has 1 heterocycles. The lowest BCUT2D eigenvalue weighted by atomic mass is 9.97. The van der Waals surface area contributed by atoms with Crippen LogP contribution in [0.5, 0.6) is 11.5 Å². The van der Waals surface area contributed by atoms with Crippen molar-refractivity contribution in [1.29, 1.82) is 0 Å². The molecule has 2 rings (SSSR count). The highest BCUT2D eigenvalue weighted by atomic mass is 16.6. The van der Waals surface area contributed by atoms with Crippen LogP contribution in [0, 0.1) is 0 Å². The fraction of sp³-hybridized carbons (Fsp3) is 0.462. The van der Waals surface area contributed by atoms with Gasteiger partial charge in [-0.25, -0.2) is 4.79 Å². The first-order chi connectivity index (χ1) is 8.65. The van der Waals surface area contributed by atoms with Crippen molar-refractivity contribution in [2.24, 2.45) is 5.73 Å². The van der Waals surface area contributed by atoms with Gasteiger partial charge in [-0.05, 0) is 13.0 Å². The van der Waals surface area contributed by atoms with Crippen molar-refractivity contribution < 1.29 is 19.0 Å². The molecule has 1 aliphatic rings. The number of carbonyl (C=O) groups is 1. The third kappa shape index (κ3) is 2.41. The Hall–Kier alpha value is -1.75. The molecule has 0 aromatic heterocycles. The van der Waals surface area contributed by atoms with Gasteiger partial charge in [0, 0.05) is 24.1 Å². The SMILES string of the molecule is CCOC(=O)[C@H]1C[C@H](N)c2ccc(OC)cc2O1. The van der Waals surface area contributed by atoms with Gasteiger partial charge >= 0.3 is 5.97 Å². The minimum Gasteiger partial charge on any atom is -0.497 e. The minimum absolute atomic E-state index is 0.228. The fourth-order valence-corrected chi connectivity index (χ4v) is 1.99. The third-order valence-electron chi connectivity index (χ3n) is 2.91. The molecule has 0 fully saturated rings. The molecule has 1 aliphatic heterocycles. The summed E-state index contributed by atoms with van der Waals surface area (Å²) in [5.41, 5.74) is 6.92. The summed E-state index contributed by atoms with van der Waals surface area (Å²) in [5.74, 6) is 0.887. The van der Waals surface area contributed by atoms with Gasteiger partial charge in [0.05, 0.1) is 13.7 Å². The van der Waals surface area contributed by atoms with E-state index in [2.05, 4.69) is 0 Å². The summed E-state index contributed by atoms with van der Waals surface area (Å²) in [7, 11) is 1.58. The van der Waals surface area contributed by atoms with E-state index in [0.717, 1.165) is 5.56 Å². The number of hydrogen-bond donors (Lipinski definition) is 1. The van der Waals surface area contributed by atoms with E-state index in [0.29, 0.717) is 24.5 Å². The van der Waals surface area contributed by atoms with Crippen LogP contribution < -0.4 is 15.2 Å². The minimum atomic E-state index is -0.639. The van der Waals surface area contributed by atoms with Crippen molar-refractivity contribution in [3.8, 4) is 11.5 Å². The lowest BCUT2D eigenvalue weighted by Gasteiger charge is -2.29. The summed E-state index contributed by atoms with van der Waals surface area (Å²) in [5, 5.41) is 0. The Balaban J connectivity index is 2.23. The van der Waals surface area contributed by atoms with Crippen molar-refractivity contribution >= 4 is 5.97 Å². The summed E-state index contributed by atoms with van der Waals surface area (Å²) in [6.45, 7) is 2.09. The molecule has 0 saturated carbocycles. The Morgan fingerprint density at radius 2 is 2.33 bits per heavy atom. The number of hydrogen-bond acceptors (Lipinski definition) is 5. The first-order valence-electron chi connectivity index (χ1n) is 5.92. The lowest BCUT2D eigenvalue weighted by molar-refractivity contribution is -0.152. The molecule has 18 heavy (non-hydrogen) atoms. The maximum Gasteiger partial charge on any atom is 0.347 e. The molecule has 1 aromatic rings. The molecule has 0 radical (unpaired) electrons. The van der Waals surface area contributed by atoms with E-state index in [1.165, 1.54) is 0 Å². The molecule has 0 saturated heterocycles. The molecule has 5 nitrogen and oxygen atoms in total. The standard InChI is InChI=1S/C13H17NO4/c1-3-17-13(15)12-7-10(14)9-5-4-8(16-2)6-11(9)18-12/h4-6,10,12H,3,7,14H2,1-2H3/t10-,12+/m0/s1. The average molecular weight is 251 g/mol. The number of rotatable bonds is 3. The molecular formula is C13H17NO4. The quantitative estimate of drug-likeness (QED) is 0.822. The molecule has 0 spiro atoms. The molecule has 5 heteroatoms. The second-order valence-corrected chi connectivity index (χ2v) is 4.10. The van der Waals surface area contributed by atoms with Crippen molar-refractivity contribution in [3.05, 3.63) is 23.8 Å². The van der Waals surface area contributed by atoms with E-state index in [1.54, 1.807) is 20.1 Å². The molecule has 0 amide bonds. The summed E-state index contributed by atoms with van der Waals surface area (Å²) >= 11 is 0. The van der Waals surface area contributed by atoms with Gasteiger partial charge in [0.2, 0.25) is 0 Å². The van der Waals surface area contributed by atoms with Gasteiger partial charge in [-0.15, -0.1) is 0 Å². The molecule has 0 unspecified atom stereocenters. The fourth-order valence-electron chi connectivity index (χ4n) is 1.99. The highest BCUT2D eigenvalue weighted by Crippen LogP contribution is 2.36. The predicted octanol–water partition coefficient (Wildman–Crippen LogP) is 1.41. The first kappa shape index (κ1) is 12.7. The van der Waals surface area contributed by atoms with E-state index in [4.69, 9.17) is 19.9 Å². The topological polar surface area (TPSA) is 70.8 Å². The number of methoxy groups -OCH3 is 1. The normalized spacial score (nSPS) is 21.7. The van der Waals surface area contributed by atoms with Crippen molar-refractivity contribution in [2.75, 3.05) is 13.7 Å². The molecule has 98 valence electrons. The van der Waals surface area contributed by atoms with Gasteiger partial charge in [0.25, 0.3) is 0 Å². The highest BCUT2D eigenvalue weighted by molar-refractivity contribution is 5.75. The van der Waals surface area contributed by atoms with Crippen LogP contribution in [-0.4, -0.2) is 25.8 Å². The molecule has 1 aromatic carbocycles. The summed E-state index contributed by atoms with van der Waals surface area (Å²) in [4.78, 5) is 11.7. The summed E-state index contributed by atoms with van der Waals surface area (Å²) in [6, 6.07) is 5.20. The number of benzene rings is 1. The Bertz CT molecular complexity index is 447.